The second-order valence-electron chi connectivity index (χ2n) is 6.92. The maximum absolute atomic E-state index is 12.2. The molecule has 118 valence electrons. The fraction of sp³-hybridized carbons (Fsp3) is 0.444. The molecule has 1 aliphatic rings. The van der Waals surface area contributed by atoms with E-state index in [9.17, 15) is 9.59 Å². The molecule has 1 aliphatic carbocycles. The van der Waals surface area contributed by atoms with Gasteiger partial charge < -0.3 is 10.6 Å². The predicted molar refractivity (Wildman–Crippen MR) is 88.6 cm³/mol. The highest BCUT2D eigenvalue weighted by atomic mass is 16.2. The van der Waals surface area contributed by atoms with Crippen LogP contribution in [0.25, 0.3) is 5.57 Å². The molecular weight excluding hydrogens is 276 g/mol. The number of benzene rings is 1. The Kier molecular flexibility index (Phi) is 4.40. The van der Waals surface area contributed by atoms with Gasteiger partial charge in [0.1, 0.15) is 0 Å². The topological polar surface area (TPSA) is 63.4 Å². The zero-order valence-electron chi connectivity index (χ0n) is 13.8. The van der Waals surface area contributed by atoms with Crippen molar-refractivity contribution in [2.75, 3.05) is 14.1 Å². The highest BCUT2D eigenvalue weighted by Crippen LogP contribution is 2.38. The third kappa shape index (κ3) is 3.38. The summed E-state index contributed by atoms with van der Waals surface area (Å²) in [6, 6.07) is 5.13. The van der Waals surface area contributed by atoms with Crippen molar-refractivity contribution in [2.45, 2.75) is 33.1 Å². The van der Waals surface area contributed by atoms with Crippen molar-refractivity contribution >= 4 is 17.4 Å². The van der Waals surface area contributed by atoms with Gasteiger partial charge in [0.05, 0.1) is 0 Å². The first-order valence-corrected chi connectivity index (χ1v) is 7.56. The van der Waals surface area contributed by atoms with E-state index in [1.54, 1.807) is 32.3 Å². The summed E-state index contributed by atoms with van der Waals surface area (Å²) in [4.78, 5) is 25.4. The fourth-order valence-corrected chi connectivity index (χ4v) is 2.74. The first-order valence-electron chi connectivity index (χ1n) is 7.56. The molecule has 4 heteroatoms. The molecule has 2 amide bonds. The van der Waals surface area contributed by atoms with Crippen molar-refractivity contribution in [1.29, 1.82) is 0 Å². The van der Waals surface area contributed by atoms with Crippen molar-refractivity contribution in [3.05, 3.63) is 41.0 Å². The molecule has 0 saturated heterocycles. The second kappa shape index (κ2) is 5.95. The Labute approximate surface area is 132 Å². The van der Waals surface area contributed by atoms with Crippen LogP contribution in [0.5, 0.6) is 0 Å². The molecule has 1 aromatic carbocycles. The summed E-state index contributed by atoms with van der Waals surface area (Å²) >= 11 is 0. The number of amides is 2. The minimum atomic E-state index is -0.454. The summed E-state index contributed by atoms with van der Waals surface area (Å²) in [5.41, 5.74) is 8.76. The summed E-state index contributed by atoms with van der Waals surface area (Å²) in [6.07, 6.45) is 5.09. The number of primary amides is 1. The predicted octanol–water partition coefficient (Wildman–Crippen LogP) is 3.08. The summed E-state index contributed by atoms with van der Waals surface area (Å²) in [5.74, 6) is -0.529. The molecule has 4 nitrogen and oxygen atoms in total. The largest absolute Gasteiger partial charge is 0.366 e. The normalized spacial score (nSPS) is 16.8. The number of nitrogens with zero attached hydrogens (tertiary/aromatic N) is 1. The van der Waals surface area contributed by atoms with E-state index in [1.807, 2.05) is 0 Å². The molecule has 0 unspecified atom stereocenters. The van der Waals surface area contributed by atoms with Crippen LogP contribution in [-0.2, 0) is 0 Å². The average molecular weight is 300 g/mol. The van der Waals surface area contributed by atoms with Crippen LogP contribution in [0.3, 0.4) is 0 Å². The van der Waals surface area contributed by atoms with E-state index in [1.165, 1.54) is 4.90 Å². The summed E-state index contributed by atoms with van der Waals surface area (Å²) in [5, 5.41) is 0. The molecule has 0 heterocycles. The third-order valence-corrected chi connectivity index (χ3v) is 4.26. The Morgan fingerprint density at radius 1 is 1.23 bits per heavy atom. The van der Waals surface area contributed by atoms with Gasteiger partial charge in [-0.25, -0.2) is 0 Å². The van der Waals surface area contributed by atoms with Crippen LogP contribution in [-0.4, -0.2) is 30.8 Å². The van der Waals surface area contributed by atoms with E-state index in [4.69, 9.17) is 5.73 Å². The SMILES string of the molecule is CN(C)C(=O)c1ccc(C(N)=O)c(C2=CCC(C)(C)CC2)c1. The van der Waals surface area contributed by atoms with Crippen LogP contribution in [0.15, 0.2) is 24.3 Å². The quantitative estimate of drug-likeness (QED) is 0.932. The highest BCUT2D eigenvalue weighted by molar-refractivity contribution is 6.01. The van der Waals surface area contributed by atoms with E-state index in [0.717, 1.165) is 30.4 Å². The highest BCUT2D eigenvalue weighted by Gasteiger charge is 2.24. The molecule has 0 aromatic heterocycles. The smallest absolute Gasteiger partial charge is 0.253 e. The Hall–Kier alpha value is -2.10. The van der Waals surface area contributed by atoms with Gasteiger partial charge in [-0.1, -0.05) is 19.9 Å². The van der Waals surface area contributed by atoms with Crippen LogP contribution in [0, 0.1) is 5.41 Å². The monoisotopic (exact) mass is 300 g/mol. The number of rotatable bonds is 3. The van der Waals surface area contributed by atoms with E-state index < -0.39 is 5.91 Å². The average Bonchev–Trinajstić information content (AvgIpc) is 2.45. The molecule has 22 heavy (non-hydrogen) atoms. The van der Waals surface area contributed by atoms with Crippen LogP contribution in [0.4, 0.5) is 0 Å². The van der Waals surface area contributed by atoms with Crippen molar-refractivity contribution in [3.63, 3.8) is 0 Å². The van der Waals surface area contributed by atoms with Gasteiger partial charge in [-0.3, -0.25) is 9.59 Å². The molecule has 2 rings (SSSR count). The molecule has 1 aromatic rings. The lowest BCUT2D eigenvalue weighted by Gasteiger charge is -2.29. The van der Waals surface area contributed by atoms with Gasteiger partial charge >= 0.3 is 0 Å². The molecule has 2 N–H and O–H groups in total. The van der Waals surface area contributed by atoms with Gasteiger partial charge in [0.2, 0.25) is 5.91 Å². The van der Waals surface area contributed by atoms with E-state index in [-0.39, 0.29) is 11.3 Å². The zero-order valence-corrected chi connectivity index (χ0v) is 13.8. The van der Waals surface area contributed by atoms with Crippen molar-refractivity contribution < 1.29 is 9.59 Å². The molecule has 0 fully saturated rings. The van der Waals surface area contributed by atoms with Gasteiger partial charge in [-0.15, -0.1) is 0 Å². The summed E-state index contributed by atoms with van der Waals surface area (Å²) in [6.45, 7) is 4.47. The van der Waals surface area contributed by atoms with Crippen LogP contribution < -0.4 is 5.73 Å². The lowest BCUT2D eigenvalue weighted by atomic mass is 9.76. The molecular formula is C18H24N2O2. The number of hydrogen-bond acceptors (Lipinski definition) is 2. The minimum absolute atomic E-state index is 0.0750. The molecule has 0 radical (unpaired) electrons. The number of allylic oxidation sites excluding steroid dienone is 2. The van der Waals surface area contributed by atoms with Crippen LogP contribution >= 0.6 is 0 Å². The first-order chi connectivity index (χ1) is 10.2. The van der Waals surface area contributed by atoms with Gasteiger partial charge in [-0.2, -0.15) is 0 Å². The number of nitrogens with two attached hydrogens (primary N) is 1. The summed E-state index contributed by atoms with van der Waals surface area (Å²) < 4.78 is 0. The van der Waals surface area contributed by atoms with Crippen LogP contribution in [0.2, 0.25) is 0 Å². The lowest BCUT2D eigenvalue weighted by molar-refractivity contribution is 0.0827. The standard InChI is InChI=1S/C18H24N2O2/c1-18(2)9-7-12(8-10-18)15-11-13(17(22)20(3)4)5-6-14(15)16(19)21/h5-7,11H,8-10H2,1-4H3,(H2,19,21). The Bertz CT molecular complexity index is 642. The molecule has 0 saturated carbocycles. The van der Waals surface area contributed by atoms with E-state index in [0.29, 0.717) is 11.1 Å². The van der Waals surface area contributed by atoms with Crippen molar-refractivity contribution in [1.82, 2.24) is 4.90 Å². The Morgan fingerprint density at radius 2 is 1.91 bits per heavy atom. The number of carbonyl (C=O) groups is 2. The van der Waals surface area contributed by atoms with E-state index in [2.05, 4.69) is 19.9 Å². The summed E-state index contributed by atoms with van der Waals surface area (Å²) in [7, 11) is 3.43. The zero-order chi connectivity index (χ0) is 16.5. The molecule has 0 aliphatic heterocycles. The van der Waals surface area contributed by atoms with E-state index >= 15 is 0 Å². The fourth-order valence-electron chi connectivity index (χ4n) is 2.74. The van der Waals surface area contributed by atoms with Gasteiger partial charge in [0.25, 0.3) is 5.91 Å². The van der Waals surface area contributed by atoms with Gasteiger partial charge in [-0.05, 0) is 54.0 Å². The molecule has 0 bridgehead atoms. The Balaban J connectivity index is 2.48. The second-order valence-corrected chi connectivity index (χ2v) is 6.92. The first kappa shape index (κ1) is 16.3. The minimum Gasteiger partial charge on any atom is -0.366 e. The maximum atomic E-state index is 12.2. The van der Waals surface area contributed by atoms with Gasteiger partial charge in [0, 0.05) is 25.2 Å². The molecule has 0 spiro atoms. The third-order valence-electron chi connectivity index (χ3n) is 4.26. The van der Waals surface area contributed by atoms with Crippen molar-refractivity contribution in [2.24, 2.45) is 11.1 Å². The van der Waals surface area contributed by atoms with Crippen molar-refractivity contribution in [3.8, 4) is 0 Å². The number of hydrogen-bond donors (Lipinski definition) is 1. The number of carbonyl (C=O) groups excluding carboxylic acids is 2. The Morgan fingerprint density at radius 3 is 2.41 bits per heavy atom. The molecule has 0 atom stereocenters. The maximum Gasteiger partial charge on any atom is 0.253 e. The lowest BCUT2D eigenvalue weighted by Crippen LogP contribution is -2.23. The van der Waals surface area contributed by atoms with Crippen LogP contribution in [0.1, 0.15) is 59.4 Å². The van der Waals surface area contributed by atoms with Gasteiger partial charge in [0.15, 0.2) is 0 Å².